The number of hydrogen-bond donors (Lipinski definition) is 2. The second kappa shape index (κ2) is 44.8. The van der Waals surface area contributed by atoms with Crippen molar-refractivity contribution in [3.8, 4) is 0 Å². The number of carbonyl (C=O) groups excluding carboxylic acids is 2. The smallest absolute Gasteiger partial charge is 0.550 e. The summed E-state index contributed by atoms with van der Waals surface area (Å²) in [6, 6.07) is 20.5. The zero-order valence-corrected chi connectivity index (χ0v) is 41.5. The van der Waals surface area contributed by atoms with E-state index in [0.29, 0.717) is 13.2 Å². The Labute approximate surface area is 400 Å². The molecule has 2 aromatic rings. The van der Waals surface area contributed by atoms with Gasteiger partial charge in [-0.15, -0.1) is 0 Å². The number of ether oxygens (including phenoxy) is 2. The summed E-state index contributed by atoms with van der Waals surface area (Å²) in [4.78, 5) is 20.6. The van der Waals surface area contributed by atoms with E-state index >= 15 is 0 Å². The molecule has 0 spiro atoms. The SMILES string of the molecule is O=C([O-])CCCCCCCCCCCC(O)CCCCCOCc1ccccc1.O=C([O-])CCCCCCCCCCCC(O)CCCCCOCc1ccccc1.[Ba+2]. The van der Waals surface area contributed by atoms with Crippen LogP contribution in [0.5, 0.6) is 0 Å². The number of aliphatic hydroxyl groups excluding tert-OH is 2. The number of carbonyl (C=O) groups is 2. The maximum atomic E-state index is 10.3. The molecule has 2 rings (SSSR count). The van der Waals surface area contributed by atoms with Crippen molar-refractivity contribution in [3.63, 3.8) is 0 Å². The summed E-state index contributed by atoms with van der Waals surface area (Å²) in [6.07, 6.45) is 30.5. The van der Waals surface area contributed by atoms with Crippen LogP contribution >= 0.6 is 0 Å². The zero-order valence-electron chi connectivity index (χ0n) is 37.0. The number of carboxylic acid groups (broad SMARTS) is 2. The van der Waals surface area contributed by atoms with Crippen molar-refractivity contribution in [1.29, 1.82) is 0 Å². The van der Waals surface area contributed by atoms with Crippen molar-refractivity contribution >= 4 is 60.8 Å². The summed E-state index contributed by atoms with van der Waals surface area (Å²) >= 11 is 0. The van der Waals surface area contributed by atoms with Gasteiger partial charge in [0.25, 0.3) is 0 Å². The van der Waals surface area contributed by atoms with Crippen LogP contribution in [-0.2, 0) is 32.3 Å². The first-order valence-corrected chi connectivity index (χ1v) is 23.4. The molecule has 0 aliphatic rings. The first-order valence-electron chi connectivity index (χ1n) is 23.4. The van der Waals surface area contributed by atoms with E-state index in [1.165, 1.54) is 75.3 Å². The van der Waals surface area contributed by atoms with E-state index in [2.05, 4.69) is 24.3 Å². The monoisotopic (exact) mass is 949 g/mol. The standard InChI is InChI=1S/2C25H42O4.Ba/c2*26-24(18-12-6-4-2-1-3-5-7-14-20-25(27)28)19-13-9-15-21-29-22-23-16-10-8-11-17-23;/h2*8,10-11,16-17,24,26H,1-7,9,12-15,18-22H2,(H,27,28);/q;;+2/p-2. The van der Waals surface area contributed by atoms with Crippen molar-refractivity contribution in [2.45, 2.75) is 218 Å². The molecule has 0 aliphatic heterocycles. The van der Waals surface area contributed by atoms with Crippen molar-refractivity contribution in [2.24, 2.45) is 0 Å². The molecule has 0 saturated carbocycles. The molecule has 0 aromatic heterocycles. The number of unbranched alkanes of at least 4 members (excludes halogenated alkanes) is 20. The number of carboxylic acids is 2. The average Bonchev–Trinajstić information content (AvgIpc) is 3.22. The number of hydrogen-bond acceptors (Lipinski definition) is 8. The fraction of sp³-hybridized carbons (Fsp3) is 0.720. The van der Waals surface area contributed by atoms with Gasteiger partial charge < -0.3 is 39.5 Å². The fourth-order valence-electron chi connectivity index (χ4n) is 7.11. The van der Waals surface area contributed by atoms with Crippen LogP contribution < -0.4 is 10.2 Å². The summed E-state index contributed by atoms with van der Waals surface area (Å²) in [5.74, 6) is -1.86. The van der Waals surface area contributed by atoms with Gasteiger partial charge in [0, 0.05) is 25.2 Å². The first kappa shape index (κ1) is 57.8. The molecule has 2 unspecified atom stereocenters. The Morgan fingerprint density at radius 2 is 0.661 bits per heavy atom. The third-order valence-corrected chi connectivity index (χ3v) is 10.7. The topological polar surface area (TPSA) is 139 Å². The van der Waals surface area contributed by atoms with Gasteiger partial charge >= 0.3 is 48.9 Å². The van der Waals surface area contributed by atoms with E-state index in [0.717, 1.165) is 129 Å². The predicted molar refractivity (Wildman–Crippen MR) is 238 cm³/mol. The third-order valence-electron chi connectivity index (χ3n) is 10.7. The minimum Gasteiger partial charge on any atom is -0.550 e. The molecule has 9 heteroatoms. The molecule has 0 radical (unpaired) electrons. The van der Waals surface area contributed by atoms with E-state index in [1.54, 1.807) is 0 Å². The Hall–Kier alpha value is -1.21. The van der Waals surface area contributed by atoms with Gasteiger partial charge in [0.2, 0.25) is 0 Å². The van der Waals surface area contributed by atoms with Crippen LogP contribution in [0.4, 0.5) is 0 Å². The van der Waals surface area contributed by atoms with Gasteiger partial charge in [-0.3, -0.25) is 0 Å². The molecule has 8 nitrogen and oxygen atoms in total. The largest absolute Gasteiger partial charge is 2.00 e. The Morgan fingerprint density at radius 3 is 0.949 bits per heavy atom. The Bertz CT molecular complexity index is 1080. The van der Waals surface area contributed by atoms with E-state index in [4.69, 9.17) is 9.47 Å². The van der Waals surface area contributed by atoms with Crippen molar-refractivity contribution in [3.05, 3.63) is 71.8 Å². The van der Waals surface area contributed by atoms with Crippen LogP contribution in [-0.4, -0.2) is 96.5 Å². The van der Waals surface area contributed by atoms with E-state index in [1.807, 2.05) is 36.4 Å². The molecule has 0 saturated heterocycles. The molecule has 59 heavy (non-hydrogen) atoms. The van der Waals surface area contributed by atoms with Gasteiger partial charge in [0.15, 0.2) is 0 Å². The second-order valence-electron chi connectivity index (χ2n) is 16.3. The normalized spacial score (nSPS) is 12.0. The number of benzene rings is 2. The van der Waals surface area contributed by atoms with Gasteiger partial charge in [-0.25, -0.2) is 0 Å². The second-order valence-corrected chi connectivity index (χ2v) is 16.3. The molecule has 0 fully saturated rings. The maximum absolute atomic E-state index is 10.3. The minimum absolute atomic E-state index is 0. The molecule has 332 valence electrons. The Balaban J connectivity index is 0.00000112. The zero-order chi connectivity index (χ0) is 42.0. The minimum atomic E-state index is -0.931. The van der Waals surface area contributed by atoms with Gasteiger partial charge in [-0.2, -0.15) is 0 Å². The van der Waals surface area contributed by atoms with Gasteiger partial charge in [0.1, 0.15) is 0 Å². The molecule has 0 heterocycles. The Kier molecular flexibility index (Phi) is 43.9. The maximum Gasteiger partial charge on any atom is 2.00 e. The molecule has 2 aromatic carbocycles. The summed E-state index contributed by atoms with van der Waals surface area (Å²) < 4.78 is 11.4. The van der Waals surface area contributed by atoms with Gasteiger partial charge in [-0.1, -0.05) is 189 Å². The van der Waals surface area contributed by atoms with Crippen LogP contribution in [0, 0.1) is 0 Å². The quantitative estimate of drug-likeness (QED) is 0.0498. The van der Waals surface area contributed by atoms with Crippen molar-refractivity contribution < 1.29 is 39.5 Å². The summed E-state index contributed by atoms with van der Waals surface area (Å²) in [7, 11) is 0. The third kappa shape index (κ3) is 43.2. The van der Waals surface area contributed by atoms with Gasteiger partial charge in [-0.05, 0) is 75.3 Å². The van der Waals surface area contributed by atoms with Crippen LogP contribution in [0.3, 0.4) is 0 Å². The molecular formula is C50H82BaO8. The number of aliphatic carboxylic acids is 2. The van der Waals surface area contributed by atoms with Crippen LogP contribution in [0.1, 0.15) is 204 Å². The van der Waals surface area contributed by atoms with E-state index in [-0.39, 0.29) is 73.9 Å². The van der Waals surface area contributed by atoms with Crippen molar-refractivity contribution in [2.75, 3.05) is 13.2 Å². The summed E-state index contributed by atoms with van der Waals surface area (Å²) in [6.45, 7) is 2.96. The van der Waals surface area contributed by atoms with Crippen LogP contribution in [0.2, 0.25) is 0 Å². The molecule has 0 aliphatic carbocycles. The first-order chi connectivity index (χ1) is 28.4. The predicted octanol–water partition coefficient (Wildman–Crippen LogP) is 9.95. The fourth-order valence-corrected chi connectivity index (χ4v) is 7.11. The van der Waals surface area contributed by atoms with Crippen LogP contribution in [0.25, 0.3) is 0 Å². The van der Waals surface area contributed by atoms with E-state index < -0.39 is 11.9 Å². The molecule has 2 N–H and O–H groups in total. The van der Waals surface area contributed by atoms with Gasteiger partial charge in [0.05, 0.1) is 25.4 Å². The van der Waals surface area contributed by atoms with Crippen molar-refractivity contribution in [1.82, 2.24) is 0 Å². The van der Waals surface area contributed by atoms with E-state index in [9.17, 15) is 30.0 Å². The average molecular weight is 949 g/mol. The molecule has 0 bridgehead atoms. The summed E-state index contributed by atoms with van der Waals surface area (Å²) in [5, 5.41) is 40.8. The molecule has 2 atom stereocenters. The van der Waals surface area contributed by atoms with Crippen LogP contribution in [0.15, 0.2) is 60.7 Å². The summed E-state index contributed by atoms with van der Waals surface area (Å²) in [5.41, 5.74) is 2.44. The molecule has 0 amide bonds. The molecular weight excluding hydrogens is 866 g/mol. The number of aliphatic hydroxyl groups is 2. The number of rotatable bonds is 40. The Morgan fingerprint density at radius 1 is 0.407 bits per heavy atom.